The van der Waals surface area contributed by atoms with E-state index in [9.17, 15) is 4.39 Å². The number of aromatic nitrogens is 1. The van der Waals surface area contributed by atoms with Gasteiger partial charge in [0.15, 0.2) is 4.80 Å². The first kappa shape index (κ1) is 12.6. The van der Waals surface area contributed by atoms with Crippen molar-refractivity contribution in [1.29, 1.82) is 5.41 Å². The van der Waals surface area contributed by atoms with Gasteiger partial charge in [0.2, 0.25) is 0 Å². The highest BCUT2D eigenvalue weighted by atomic mass is 127. The number of hydrogen-bond donors (Lipinski definition) is 1. The molecule has 1 aromatic heterocycles. The first-order chi connectivity index (χ1) is 6.72. The van der Waals surface area contributed by atoms with Gasteiger partial charge >= 0.3 is 0 Å². The molecule has 15 heavy (non-hydrogen) atoms. The van der Waals surface area contributed by atoms with Gasteiger partial charge in [0, 0.05) is 6.54 Å². The average molecular weight is 338 g/mol. The van der Waals surface area contributed by atoms with Gasteiger partial charge in [0.1, 0.15) is 5.82 Å². The van der Waals surface area contributed by atoms with E-state index in [1.54, 1.807) is 6.07 Å². The molecule has 1 heterocycles. The lowest BCUT2D eigenvalue weighted by Gasteiger charge is -2.00. The largest absolute Gasteiger partial charge is 0.317 e. The molecule has 0 aliphatic rings. The Hall–Kier alpha value is -0.430. The second-order valence-electron chi connectivity index (χ2n) is 3.17. The lowest BCUT2D eigenvalue weighted by atomic mass is 10.3. The zero-order valence-corrected chi connectivity index (χ0v) is 11.4. The number of thiazole rings is 1. The summed E-state index contributed by atoms with van der Waals surface area (Å²) >= 11 is 1.32. The molecule has 0 amide bonds. The molecule has 5 heteroatoms. The van der Waals surface area contributed by atoms with E-state index in [1.807, 2.05) is 4.57 Å². The van der Waals surface area contributed by atoms with E-state index in [1.165, 1.54) is 23.5 Å². The molecule has 0 bridgehead atoms. The summed E-state index contributed by atoms with van der Waals surface area (Å²) in [4.78, 5) is 0.493. The minimum absolute atomic E-state index is 0. The monoisotopic (exact) mass is 338 g/mol. The molecule has 0 spiro atoms. The van der Waals surface area contributed by atoms with Gasteiger partial charge in [-0.05, 0) is 24.6 Å². The zero-order valence-electron chi connectivity index (χ0n) is 8.29. The van der Waals surface area contributed by atoms with Crippen molar-refractivity contribution in [3.05, 3.63) is 28.8 Å². The average Bonchev–Trinajstić information content (AvgIpc) is 2.43. The summed E-state index contributed by atoms with van der Waals surface area (Å²) in [5, 5.41) is 7.73. The standard InChI is InChI=1S/C10H11FN2S.HI/c1-2-5-13-8-4-3-7(11)6-9(8)14-10(13)12;/h3-4,6,12H,2,5H2,1H3;1H. The summed E-state index contributed by atoms with van der Waals surface area (Å²) in [7, 11) is 0. The number of nitrogens with zero attached hydrogens (tertiary/aromatic N) is 1. The number of benzene rings is 1. The lowest BCUT2D eigenvalue weighted by molar-refractivity contribution is 0.629. The number of nitrogens with one attached hydrogen (secondary N) is 1. The highest BCUT2D eigenvalue weighted by Crippen LogP contribution is 2.18. The molecule has 0 saturated heterocycles. The molecule has 2 rings (SSSR count). The highest BCUT2D eigenvalue weighted by Gasteiger charge is 2.04. The van der Waals surface area contributed by atoms with Crippen molar-refractivity contribution in [2.45, 2.75) is 19.9 Å². The van der Waals surface area contributed by atoms with Crippen LogP contribution in [0.2, 0.25) is 0 Å². The van der Waals surface area contributed by atoms with Gasteiger partial charge in [-0.2, -0.15) is 0 Å². The van der Waals surface area contributed by atoms with E-state index in [2.05, 4.69) is 6.92 Å². The van der Waals surface area contributed by atoms with E-state index in [4.69, 9.17) is 5.41 Å². The van der Waals surface area contributed by atoms with Gasteiger partial charge in [0.25, 0.3) is 0 Å². The van der Waals surface area contributed by atoms with Crippen molar-refractivity contribution in [2.24, 2.45) is 0 Å². The predicted molar refractivity (Wildman–Crippen MR) is 71.3 cm³/mol. The van der Waals surface area contributed by atoms with Crippen molar-refractivity contribution >= 4 is 45.5 Å². The third-order valence-electron chi connectivity index (χ3n) is 2.11. The van der Waals surface area contributed by atoms with Crippen LogP contribution in [0, 0.1) is 11.2 Å². The van der Waals surface area contributed by atoms with Gasteiger partial charge < -0.3 is 4.57 Å². The number of fused-ring (bicyclic) bond motifs is 1. The van der Waals surface area contributed by atoms with E-state index >= 15 is 0 Å². The molecule has 0 saturated carbocycles. The molecular weight excluding hydrogens is 326 g/mol. The Morgan fingerprint density at radius 3 is 2.87 bits per heavy atom. The van der Waals surface area contributed by atoms with Crippen LogP contribution < -0.4 is 4.80 Å². The molecule has 0 fully saturated rings. The number of hydrogen-bond acceptors (Lipinski definition) is 2. The molecule has 1 N–H and O–H groups in total. The van der Waals surface area contributed by atoms with E-state index in [-0.39, 0.29) is 29.8 Å². The fourth-order valence-electron chi connectivity index (χ4n) is 1.51. The quantitative estimate of drug-likeness (QED) is 0.814. The number of rotatable bonds is 2. The molecule has 0 aliphatic carbocycles. The van der Waals surface area contributed by atoms with Crippen LogP contribution in [-0.4, -0.2) is 4.57 Å². The normalized spacial score (nSPS) is 10.3. The topological polar surface area (TPSA) is 28.8 Å². The van der Waals surface area contributed by atoms with Gasteiger partial charge in [-0.15, -0.1) is 24.0 Å². The smallest absolute Gasteiger partial charge is 0.182 e. The van der Waals surface area contributed by atoms with Crippen LogP contribution >= 0.6 is 35.3 Å². The van der Waals surface area contributed by atoms with Gasteiger partial charge in [-0.1, -0.05) is 18.3 Å². The molecule has 0 unspecified atom stereocenters. The zero-order chi connectivity index (χ0) is 10.1. The molecular formula is C10H12FIN2S. The second kappa shape index (κ2) is 5.07. The molecule has 0 aliphatic heterocycles. The minimum atomic E-state index is -0.234. The van der Waals surface area contributed by atoms with Gasteiger partial charge in [-0.3, -0.25) is 5.41 Å². The van der Waals surface area contributed by atoms with Crippen molar-refractivity contribution in [3.8, 4) is 0 Å². The SMILES string of the molecule is CCCn1c(=N)sc2cc(F)ccc21.I. The fraction of sp³-hybridized carbons (Fsp3) is 0.300. The van der Waals surface area contributed by atoms with E-state index < -0.39 is 0 Å². The van der Waals surface area contributed by atoms with Crippen LogP contribution in [0.5, 0.6) is 0 Å². The second-order valence-corrected chi connectivity index (χ2v) is 4.20. The number of aryl methyl sites for hydroxylation is 1. The van der Waals surface area contributed by atoms with Crippen LogP contribution in [0.25, 0.3) is 10.2 Å². The maximum Gasteiger partial charge on any atom is 0.182 e. The summed E-state index contributed by atoms with van der Waals surface area (Å²) in [6, 6.07) is 4.68. The Balaban J connectivity index is 0.00000112. The Morgan fingerprint density at radius 1 is 1.47 bits per heavy atom. The third-order valence-corrected chi connectivity index (χ3v) is 3.07. The van der Waals surface area contributed by atoms with Crippen molar-refractivity contribution < 1.29 is 4.39 Å². The predicted octanol–water partition coefficient (Wildman–Crippen LogP) is 3.35. The van der Waals surface area contributed by atoms with Crippen LogP contribution in [0.1, 0.15) is 13.3 Å². The van der Waals surface area contributed by atoms with Gasteiger partial charge in [-0.25, -0.2) is 4.39 Å². The fourth-order valence-corrected chi connectivity index (χ4v) is 2.47. The number of halogens is 2. The summed E-state index contributed by atoms with van der Waals surface area (Å²) in [5.74, 6) is -0.234. The summed E-state index contributed by atoms with van der Waals surface area (Å²) < 4.78 is 15.7. The summed E-state index contributed by atoms with van der Waals surface area (Å²) in [6.07, 6.45) is 0.986. The molecule has 2 aromatic rings. The van der Waals surface area contributed by atoms with E-state index in [0.717, 1.165) is 23.2 Å². The Bertz CT molecular complexity index is 518. The van der Waals surface area contributed by atoms with Crippen LogP contribution in [0.15, 0.2) is 18.2 Å². The first-order valence-electron chi connectivity index (χ1n) is 4.56. The highest BCUT2D eigenvalue weighted by molar-refractivity contribution is 14.0. The summed E-state index contributed by atoms with van der Waals surface area (Å²) in [5.41, 5.74) is 0.961. The van der Waals surface area contributed by atoms with Crippen molar-refractivity contribution in [2.75, 3.05) is 0 Å². The van der Waals surface area contributed by atoms with Crippen molar-refractivity contribution in [3.63, 3.8) is 0 Å². The third kappa shape index (κ3) is 2.39. The van der Waals surface area contributed by atoms with Gasteiger partial charge in [0.05, 0.1) is 10.2 Å². The summed E-state index contributed by atoms with van der Waals surface area (Å²) in [6.45, 7) is 2.89. The Kier molecular flexibility index (Phi) is 4.27. The van der Waals surface area contributed by atoms with Crippen LogP contribution in [0.4, 0.5) is 4.39 Å². The minimum Gasteiger partial charge on any atom is -0.317 e. The maximum atomic E-state index is 12.9. The molecule has 0 atom stereocenters. The Morgan fingerprint density at radius 2 is 2.20 bits per heavy atom. The molecule has 1 aromatic carbocycles. The maximum absolute atomic E-state index is 12.9. The first-order valence-corrected chi connectivity index (χ1v) is 5.37. The van der Waals surface area contributed by atoms with E-state index in [0.29, 0.717) is 4.80 Å². The molecule has 0 radical (unpaired) electrons. The Labute approximate surface area is 108 Å². The van der Waals surface area contributed by atoms with Crippen LogP contribution in [0.3, 0.4) is 0 Å². The van der Waals surface area contributed by atoms with Crippen LogP contribution in [-0.2, 0) is 6.54 Å². The van der Waals surface area contributed by atoms with Crippen molar-refractivity contribution in [1.82, 2.24) is 4.57 Å². The molecule has 82 valence electrons. The molecule has 2 nitrogen and oxygen atoms in total. The lowest BCUT2D eigenvalue weighted by Crippen LogP contribution is -2.12.